The summed E-state index contributed by atoms with van der Waals surface area (Å²) in [5.74, 6) is 0. The van der Waals surface area contributed by atoms with Crippen LogP contribution in [0.1, 0.15) is 22.3 Å². The van der Waals surface area contributed by atoms with E-state index >= 15 is 0 Å². The molecule has 0 atom stereocenters. The van der Waals surface area contributed by atoms with Gasteiger partial charge in [0.1, 0.15) is 0 Å². The molecule has 0 bridgehead atoms. The molecule has 0 saturated carbocycles. The summed E-state index contributed by atoms with van der Waals surface area (Å²) in [6, 6.07) is 85.7. The highest BCUT2D eigenvalue weighted by Crippen LogP contribution is 2.46. The van der Waals surface area contributed by atoms with Crippen molar-refractivity contribution in [2.75, 3.05) is 9.80 Å². The van der Waals surface area contributed by atoms with Crippen molar-refractivity contribution in [2.24, 2.45) is 0 Å². The van der Waals surface area contributed by atoms with E-state index in [-0.39, 0.29) is 32.9 Å². The Bertz CT molecular complexity index is 4110. The van der Waals surface area contributed by atoms with Crippen molar-refractivity contribution in [3.63, 3.8) is 0 Å². The van der Waals surface area contributed by atoms with E-state index in [9.17, 15) is 20.2 Å². The molecular weight excluding hydrogens is 961 g/mol. The van der Waals surface area contributed by atoms with Gasteiger partial charge in [-0.3, -0.25) is 20.2 Å². The average molecular weight is 1010 g/mol. The molecule has 0 aliphatic carbocycles. The Morgan fingerprint density at radius 2 is 0.538 bits per heavy atom. The number of rotatable bonds is 12. The summed E-state index contributed by atoms with van der Waals surface area (Å²) in [5, 5.41) is 35.9. The van der Waals surface area contributed by atoms with Crippen LogP contribution in [0.25, 0.3) is 88.9 Å². The van der Waals surface area contributed by atoms with Crippen molar-refractivity contribution in [2.45, 2.75) is 0 Å². The van der Waals surface area contributed by atoms with Crippen LogP contribution < -0.4 is 9.80 Å². The lowest BCUT2D eigenvalue weighted by atomic mass is 9.95. The van der Waals surface area contributed by atoms with E-state index in [1.54, 1.807) is 36.4 Å². The fourth-order valence-corrected chi connectivity index (χ4v) is 11.1. The number of hydrogen-bond donors (Lipinski definition) is 0. The predicted molar refractivity (Wildman–Crippen MR) is 325 cm³/mol. The van der Waals surface area contributed by atoms with Crippen molar-refractivity contribution in [1.29, 1.82) is 0 Å². The van der Waals surface area contributed by atoms with Gasteiger partial charge in [0.25, 0.3) is 11.4 Å². The molecule has 0 saturated heterocycles. The quantitative estimate of drug-likeness (QED) is 0.0524. The van der Waals surface area contributed by atoms with Gasteiger partial charge < -0.3 is 9.80 Å². The minimum absolute atomic E-state index is 0.180. The third-order valence-electron chi connectivity index (χ3n) is 14.7. The van der Waals surface area contributed by atoms with Crippen LogP contribution in [-0.4, -0.2) is 9.85 Å². The molecular formula is C70H46N4O4. The first-order valence-corrected chi connectivity index (χ1v) is 25.7. The number of nitro benzene ring substituents is 2. The minimum atomic E-state index is -0.435. The van der Waals surface area contributed by atoms with Gasteiger partial charge in [0.15, 0.2) is 0 Å². The van der Waals surface area contributed by atoms with Crippen molar-refractivity contribution in [3.05, 3.63) is 297 Å². The van der Waals surface area contributed by atoms with E-state index in [0.29, 0.717) is 11.1 Å². The number of anilines is 6. The Labute approximate surface area is 449 Å². The molecule has 0 aromatic heterocycles. The van der Waals surface area contributed by atoms with Crippen LogP contribution in [0.15, 0.2) is 255 Å². The minimum Gasteiger partial charge on any atom is -0.309 e. The van der Waals surface area contributed by atoms with Crippen LogP contribution in [0.5, 0.6) is 0 Å². The lowest BCUT2D eigenvalue weighted by molar-refractivity contribution is -0.384. The Morgan fingerprint density at radius 3 is 0.846 bits per heavy atom. The zero-order valence-corrected chi connectivity index (χ0v) is 42.0. The maximum absolute atomic E-state index is 13.0. The molecule has 0 aliphatic rings. The Balaban J connectivity index is 0.812. The van der Waals surface area contributed by atoms with E-state index < -0.39 is 9.85 Å². The molecule has 8 heteroatoms. The monoisotopic (exact) mass is 1010 g/mol. The van der Waals surface area contributed by atoms with E-state index in [1.807, 2.05) is 48.6 Å². The van der Waals surface area contributed by atoms with Crippen molar-refractivity contribution in [1.82, 2.24) is 0 Å². The molecule has 0 fully saturated rings. The van der Waals surface area contributed by atoms with Gasteiger partial charge in [-0.1, -0.05) is 206 Å². The Hall–Kier alpha value is -10.7. The van der Waals surface area contributed by atoms with Crippen LogP contribution in [0, 0.1) is 20.2 Å². The molecule has 13 rings (SSSR count). The normalized spacial score (nSPS) is 11.7. The summed E-state index contributed by atoms with van der Waals surface area (Å²) in [7, 11) is 0. The first kappa shape index (κ1) is 47.0. The fraction of sp³-hybridized carbons (Fsp3) is 0. The molecule has 0 amide bonds. The number of nitrogens with zero attached hydrogens (tertiary/aromatic N) is 4. The first-order valence-electron chi connectivity index (χ1n) is 25.7. The van der Waals surface area contributed by atoms with E-state index in [1.165, 1.54) is 0 Å². The maximum Gasteiger partial charge on any atom is 0.285 e. The van der Waals surface area contributed by atoms with Gasteiger partial charge in [-0.2, -0.15) is 0 Å². The summed E-state index contributed by atoms with van der Waals surface area (Å²) < 4.78 is 0. The summed E-state index contributed by atoms with van der Waals surface area (Å²) >= 11 is 0. The third kappa shape index (κ3) is 8.59. The SMILES string of the molecule is O=[N+]([O-])c1c2ccc(C=Cc3ccc(N(c4cccc5ccccc45)c4cccc5ccccc45)cc3)cc2c([N+](=O)[O-])c2ccc(C=Cc3ccc(N(c4cccc5ccccc45)c4cccc5ccccc45)cc3)cc12. The molecule has 370 valence electrons. The summed E-state index contributed by atoms with van der Waals surface area (Å²) in [6.07, 6.45) is 7.66. The second-order valence-electron chi connectivity index (χ2n) is 19.3. The van der Waals surface area contributed by atoms with Crippen LogP contribution in [-0.2, 0) is 0 Å². The number of non-ortho nitro benzene ring substituents is 2. The van der Waals surface area contributed by atoms with Crippen LogP contribution in [0.2, 0.25) is 0 Å². The number of benzene rings is 13. The molecule has 0 spiro atoms. The van der Waals surface area contributed by atoms with Crippen molar-refractivity contribution < 1.29 is 9.85 Å². The van der Waals surface area contributed by atoms with E-state index in [0.717, 1.165) is 88.3 Å². The molecule has 8 nitrogen and oxygen atoms in total. The highest BCUT2D eigenvalue weighted by atomic mass is 16.6. The molecule has 13 aromatic carbocycles. The van der Waals surface area contributed by atoms with Gasteiger partial charge in [-0.15, -0.1) is 0 Å². The molecule has 0 N–H and O–H groups in total. The number of nitro groups is 2. The van der Waals surface area contributed by atoms with Gasteiger partial charge in [-0.05, 0) is 117 Å². The molecule has 0 radical (unpaired) electrons. The van der Waals surface area contributed by atoms with E-state index in [4.69, 9.17) is 0 Å². The smallest absolute Gasteiger partial charge is 0.285 e. The highest BCUT2D eigenvalue weighted by molar-refractivity contribution is 6.16. The predicted octanol–water partition coefficient (Wildman–Crippen LogP) is 19.7. The maximum atomic E-state index is 13.0. The van der Waals surface area contributed by atoms with Gasteiger partial charge in [0.2, 0.25) is 0 Å². The van der Waals surface area contributed by atoms with E-state index in [2.05, 4.69) is 204 Å². The van der Waals surface area contributed by atoms with Gasteiger partial charge in [-0.25, -0.2) is 0 Å². The van der Waals surface area contributed by atoms with Crippen LogP contribution >= 0.6 is 0 Å². The van der Waals surface area contributed by atoms with Gasteiger partial charge >= 0.3 is 0 Å². The standard InChI is InChI=1S/C70H46N4O4/c75-73(76)69-62-44-38-50(32-30-48-35-41-56(42-36-48)72(67-27-11-19-53-15-3-7-23-59(53)67)68-28-12-20-54-16-4-8-24-60(54)68)46-64(62)70(74(77)78)61-43-37-49(45-63(61)69)31-29-47-33-39-55(40-34-47)71(65-25-9-17-51-13-1-5-21-57(51)65)66-26-10-18-52-14-2-6-22-58(52)66/h1-46H. The molecule has 0 unspecified atom stereocenters. The molecule has 0 aliphatic heterocycles. The van der Waals surface area contributed by atoms with Crippen molar-refractivity contribution in [3.8, 4) is 0 Å². The zero-order chi connectivity index (χ0) is 52.7. The van der Waals surface area contributed by atoms with Crippen molar-refractivity contribution >= 4 is 134 Å². The topological polar surface area (TPSA) is 92.8 Å². The number of fused-ring (bicyclic) bond motifs is 6. The largest absolute Gasteiger partial charge is 0.309 e. The second-order valence-corrected chi connectivity index (χ2v) is 19.3. The van der Waals surface area contributed by atoms with Gasteiger partial charge in [0.05, 0.1) is 54.1 Å². The van der Waals surface area contributed by atoms with Crippen LogP contribution in [0.4, 0.5) is 45.5 Å². The summed E-state index contributed by atoms with van der Waals surface area (Å²) in [4.78, 5) is 29.8. The second kappa shape index (κ2) is 19.9. The summed E-state index contributed by atoms with van der Waals surface area (Å²) in [5.41, 5.74) is 8.97. The zero-order valence-electron chi connectivity index (χ0n) is 42.0. The fourth-order valence-electron chi connectivity index (χ4n) is 11.1. The lowest BCUT2D eigenvalue weighted by Gasteiger charge is -2.28. The summed E-state index contributed by atoms with van der Waals surface area (Å²) in [6.45, 7) is 0. The van der Waals surface area contributed by atoms with Gasteiger partial charge in [0, 0.05) is 32.9 Å². The average Bonchev–Trinajstić information content (AvgIpc) is 3.57. The molecule has 78 heavy (non-hydrogen) atoms. The Kier molecular flexibility index (Phi) is 12.0. The third-order valence-corrected chi connectivity index (χ3v) is 14.7. The van der Waals surface area contributed by atoms with Crippen LogP contribution in [0.3, 0.4) is 0 Å². The molecule has 13 aromatic rings. The Morgan fingerprint density at radius 1 is 0.269 bits per heavy atom. The lowest BCUT2D eigenvalue weighted by Crippen LogP contribution is -2.11. The highest BCUT2D eigenvalue weighted by Gasteiger charge is 2.28. The first-order chi connectivity index (χ1) is 38.3. The number of hydrogen-bond acceptors (Lipinski definition) is 6. The molecule has 0 heterocycles.